The predicted molar refractivity (Wildman–Crippen MR) is 95.5 cm³/mol. The number of likely N-dealkylation sites (tertiary alicyclic amines) is 1. The number of ether oxygens (including phenoxy) is 1. The van der Waals surface area contributed by atoms with Crippen LogP contribution in [-0.4, -0.2) is 37.4 Å². The van der Waals surface area contributed by atoms with Gasteiger partial charge in [-0.25, -0.2) is 0 Å². The van der Waals surface area contributed by atoms with Gasteiger partial charge in [-0.05, 0) is 61.5 Å². The van der Waals surface area contributed by atoms with Crippen molar-refractivity contribution in [2.24, 2.45) is 17.8 Å². The maximum Gasteiger partial charge on any atom is 0.136 e. The molecular formula is C21H29NO2. The first-order chi connectivity index (χ1) is 11.5. The summed E-state index contributed by atoms with van der Waals surface area (Å²) < 4.78 is 5.52. The molecule has 3 heteroatoms. The molecule has 1 saturated heterocycles. The van der Waals surface area contributed by atoms with Crippen molar-refractivity contribution in [1.29, 1.82) is 0 Å². The summed E-state index contributed by atoms with van der Waals surface area (Å²) in [6, 6.07) is 7.12. The van der Waals surface area contributed by atoms with Crippen LogP contribution in [0.1, 0.15) is 44.2 Å². The zero-order valence-electron chi connectivity index (χ0n) is 15.3. The van der Waals surface area contributed by atoms with Crippen molar-refractivity contribution in [1.82, 2.24) is 4.90 Å². The van der Waals surface area contributed by atoms with Crippen LogP contribution < -0.4 is 4.74 Å². The highest BCUT2D eigenvalue weighted by Crippen LogP contribution is 2.58. The molecule has 0 radical (unpaired) electrons. The lowest BCUT2D eigenvalue weighted by atomic mass is 9.47. The molecule has 2 fully saturated rings. The predicted octanol–water partition coefficient (Wildman–Crippen LogP) is 3.44. The monoisotopic (exact) mass is 327 g/mol. The number of rotatable bonds is 2. The van der Waals surface area contributed by atoms with E-state index in [0.29, 0.717) is 23.7 Å². The number of methoxy groups -OCH3 is 1. The molecule has 2 bridgehead atoms. The van der Waals surface area contributed by atoms with Crippen LogP contribution in [0.4, 0.5) is 0 Å². The molecule has 3 aliphatic rings. The highest BCUT2D eigenvalue weighted by molar-refractivity contribution is 5.84. The summed E-state index contributed by atoms with van der Waals surface area (Å²) in [7, 11) is 4.01. The topological polar surface area (TPSA) is 29.5 Å². The molecule has 1 aromatic rings. The van der Waals surface area contributed by atoms with Gasteiger partial charge in [0.2, 0.25) is 0 Å². The molecule has 0 amide bonds. The fraction of sp³-hybridized carbons (Fsp3) is 0.667. The fourth-order valence-corrected chi connectivity index (χ4v) is 6.12. The summed E-state index contributed by atoms with van der Waals surface area (Å²) in [4.78, 5) is 15.5. The number of ketones is 1. The number of Topliss-reactive ketones (excluding diaryl/α,β-unsaturated/α-hetero) is 1. The Kier molecular flexibility index (Phi) is 3.76. The van der Waals surface area contributed by atoms with E-state index in [1.165, 1.54) is 11.1 Å². The van der Waals surface area contributed by atoms with E-state index in [-0.39, 0.29) is 11.3 Å². The van der Waals surface area contributed by atoms with E-state index in [1.54, 1.807) is 7.11 Å². The minimum atomic E-state index is 0.0313. The Morgan fingerprint density at radius 3 is 2.88 bits per heavy atom. The highest BCUT2D eigenvalue weighted by atomic mass is 16.5. The van der Waals surface area contributed by atoms with E-state index in [4.69, 9.17) is 4.74 Å². The molecule has 1 aliphatic heterocycles. The molecule has 1 saturated carbocycles. The van der Waals surface area contributed by atoms with Crippen LogP contribution in [0.2, 0.25) is 0 Å². The summed E-state index contributed by atoms with van der Waals surface area (Å²) in [5, 5.41) is 0. The molecule has 1 aromatic carbocycles. The first kappa shape index (κ1) is 16.1. The molecule has 5 atom stereocenters. The second-order valence-corrected chi connectivity index (χ2v) is 8.21. The Morgan fingerprint density at radius 2 is 2.17 bits per heavy atom. The Hall–Kier alpha value is -1.35. The van der Waals surface area contributed by atoms with E-state index in [9.17, 15) is 4.79 Å². The lowest BCUT2D eigenvalue weighted by Gasteiger charge is -2.61. The number of likely N-dealkylation sites (N-methyl/N-ethyl adjacent to an activating group) is 1. The van der Waals surface area contributed by atoms with Crippen molar-refractivity contribution >= 4 is 5.78 Å². The minimum Gasteiger partial charge on any atom is -0.497 e. The van der Waals surface area contributed by atoms with E-state index in [1.807, 2.05) is 0 Å². The van der Waals surface area contributed by atoms with Gasteiger partial charge < -0.3 is 9.64 Å². The molecular weight excluding hydrogens is 298 g/mol. The van der Waals surface area contributed by atoms with Crippen LogP contribution in [0.25, 0.3) is 0 Å². The number of carbonyl (C=O) groups excluding carboxylic acids is 1. The number of hydrogen-bond donors (Lipinski definition) is 0. The van der Waals surface area contributed by atoms with E-state index < -0.39 is 0 Å². The number of fused-ring (bicyclic) bond motifs is 1. The molecule has 2 unspecified atom stereocenters. The Balaban J connectivity index is 1.92. The van der Waals surface area contributed by atoms with Gasteiger partial charge in [-0.3, -0.25) is 4.79 Å². The smallest absolute Gasteiger partial charge is 0.136 e. The number of piperidine rings is 1. The normalized spacial score (nSPS) is 38.4. The second kappa shape index (κ2) is 5.59. The zero-order chi connectivity index (χ0) is 17.1. The molecule has 2 aliphatic carbocycles. The Bertz CT molecular complexity index is 670. The van der Waals surface area contributed by atoms with Crippen molar-refractivity contribution in [2.75, 3.05) is 20.7 Å². The molecule has 4 rings (SSSR count). The SMILES string of the molecule is CC[C@@H]1[C@@H](C)C(=O)CC23CCN(C)C(Cc4ccc(OC)cc42)[C@@H]13. The van der Waals surface area contributed by atoms with E-state index >= 15 is 0 Å². The van der Waals surface area contributed by atoms with Gasteiger partial charge in [0.1, 0.15) is 11.5 Å². The summed E-state index contributed by atoms with van der Waals surface area (Å²) in [5.41, 5.74) is 2.87. The largest absolute Gasteiger partial charge is 0.497 e. The minimum absolute atomic E-state index is 0.0313. The van der Waals surface area contributed by atoms with Gasteiger partial charge in [0.05, 0.1) is 7.11 Å². The van der Waals surface area contributed by atoms with Gasteiger partial charge in [-0.1, -0.05) is 26.3 Å². The van der Waals surface area contributed by atoms with Crippen molar-refractivity contribution < 1.29 is 9.53 Å². The quantitative estimate of drug-likeness (QED) is 0.833. The van der Waals surface area contributed by atoms with Crippen molar-refractivity contribution in [2.45, 2.75) is 51.0 Å². The van der Waals surface area contributed by atoms with Crippen LogP contribution in [0.15, 0.2) is 18.2 Å². The average Bonchev–Trinajstić information content (AvgIpc) is 2.59. The standard InChI is InChI=1S/C21H29NO2/c1-5-16-13(2)19(23)12-21-8-9-22(3)18(20(16)21)10-14-6-7-15(24-4)11-17(14)21/h6-7,11,13,16,18,20H,5,8-10,12H2,1-4H3/t13-,16-,18?,20-,21?/m1/s1. The molecule has 24 heavy (non-hydrogen) atoms. The van der Waals surface area contributed by atoms with Crippen molar-refractivity contribution in [3.05, 3.63) is 29.3 Å². The highest BCUT2D eigenvalue weighted by Gasteiger charge is 2.59. The first-order valence-electron chi connectivity index (χ1n) is 9.42. The fourth-order valence-electron chi connectivity index (χ4n) is 6.12. The van der Waals surface area contributed by atoms with Gasteiger partial charge in [-0.2, -0.15) is 0 Å². The summed E-state index contributed by atoms with van der Waals surface area (Å²) in [6.07, 6.45) is 4.03. The second-order valence-electron chi connectivity index (χ2n) is 8.21. The molecule has 1 heterocycles. The van der Waals surface area contributed by atoms with Crippen molar-refractivity contribution in [3.63, 3.8) is 0 Å². The lowest BCUT2D eigenvalue weighted by Crippen LogP contribution is -2.65. The summed E-state index contributed by atoms with van der Waals surface area (Å²) >= 11 is 0. The third-order valence-corrected chi connectivity index (χ3v) is 7.38. The maximum atomic E-state index is 12.9. The van der Waals surface area contributed by atoms with Crippen LogP contribution in [0.3, 0.4) is 0 Å². The first-order valence-corrected chi connectivity index (χ1v) is 9.42. The van der Waals surface area contributed by atoms with E-state index in [0.717, 1.165) is 38.0 Å². The lowest BCUT2D eigenvalue weighted by molar-refractivity contribution is -0.138. The average molecular weight is 327 g/mol. The van der Waals surface area contributed by atoms with Gasteiger partial charge in [0.25, 0.3) is 0 Å². The Morgan fingerprint density at radius 1 is 1.38 bits per heavy atom. The van der Waals surface area contributed by atoms with Gasteiger partial charge in [0, 0.05) is 23.8 Å². The Labute approximate surface area is 145 Å². The third-order valence-electron chi connectivity index (χ3n) is 7.38. The summed E-state index contributed by atoms with van der Waals surface area (Å²) in [6.45, 7) is 5.53. The van der Waals surface area contributed by atoms with E-state index in [2.05, 4.69) is 44.0 Å². The zero-order valence-corrected chi connectivity index (χ0v) is 15.3. The van der Waals surface area contributed by atoms with Crippen LogP contribution in [0, 0.1) is 17.8 Å². The molecule has 130 valence electrons. The number of carbonyl (C=O) groups is 1. The molecule has 3 nitrogen and oxygen atoms in total. The number of benzene rings is 1. The molecule has 0 N–H and O–H groups in total. The van der Waals surface area contributed by atoms with Crippen LogP contribution in [-0.2, 0) is 16.6 Å². The van der Waals surface area contributed by atoms with Gasteiger partial charge in [-0.15, -0.1) is 0 Å². The molecule has 0 spiro atoms. The van der Waals surface area contributed by atoms with Crippen LogP contribution in [0.5, 0.6) is 5.75 Å². The van der Waals surface area contributed by atoms with Crippen LogP contribution >= 0.6 is 0 Å². The summed E-state index contributed by atoms with van der Waals surface area (Å²) in [5.74, 6) is 2.69. The van der Waals surface area contributed by atoms with Gasteiger partial charge >= 0.3 is 0 Å². The third kappa shape index (κ3) is 2.03. The number of hydrogen-bond acceptors (Lipinski definition) is 3. The van der Waals surface area contributed by atoms with Crippen molar-refractivity contribution in [3.8, 4) is 5.75 Å². The van der Waals surface area contributed by atoms with Gasteiger partial charge in [0.15, 0.2) is 0 Å². The number of nitrogens with zero attached hydrogens (tertiary/aromatic N) is 1. The maximum absolute atomic E-state index is 12.9. The molecule has 0 aromatic heterocycles.